The number of benzene rings is 1. The first-order valence-corrected chi connectivity index (χ1v) is 4.74. The number of fused-ring (bicyclic) bond motifs is 1. The van der Waals surface area contributed by atoms with Crippen molar-refractivity contribution >= 4 is 12.4 Å². The Morgan fingerprint density at radius 3 is 2.71 bits per heavy atom. The highest BCUT2D eigenvalue weighted by Gasteiger charge is 2.34. The first-order valence-electron chi connectivity index (χ1n) is 4.74. The lowest BCUT2D eigenvalue weighted by atomic mass is 10.0. The smallest absolute Gasteiger partial charge is 0.489 e. The normalized spacial score (nSPS) is 18.7. The van der Waals surface area contributed by atoms with Crippen molar-refractivity contribution in [3.8, 4) is 11.5 Å². The Morgan fingerprint density at radius 1 is 1.35 bits per heavy atom. The molecule has 7 heteroatoms. The minimum atomic E-state index is -4.72. The molecule has 0 fully saturated rings. The molecule has 1 aliphatic heterocycles. The van der Waals surface area contributed by atoms with E-state index in [1.54, 1.807) is 6.07 Å². The van der Waals surface area contributed by atoms with Crippen LogP contribution in [0.4, 0.5) is 13.2 Å². The summed E-state index contributed by atoms with van der Waals surface area (Å²) in [7, 11) is 0. The van der Waals surface area contributed by atoms with E-state index in [-0.39, 0.29) is 29.9 Å². The minimum Gasteiger partial charge on any atom is -0.489 e. The van der Waals surface area contributed by atoms with E-state index in [1.807, 2.05) is 0 Å². The molecule has 96 valence electrons. The summed E-state index contributed by atoms with van der Waals surface area (Å²) in [6.07, 6.45) is -4.14. The molecule has 0 bridgehead atoms. The van der Waals surface area contributed by atoms with Gasteiger partial charge in [-0.25, -0.2) is 0 Å². The van der Waals surface area contributed by atoms with E-state index in [4.69, 9.17) is 10.5 Å². The van der Waals surface area contributed by atoms with Crippen LogP contribution in [-0.4, -0.2) is 13.0 Å². The number of alkyl halides is 3. The van der Waals surface area contributed by atoms with Crippen LogP contribution in [-0.2, 0) is 0 Å². The van der Waals surface area contributed by atoms with Crippen LogP contribution in [0.2, 0.25) is 0 Å². The van der Waals surface area contributed by atoms with Crippen molar-refractivity contribution in [2.75, 3.05) is 6.61 Å². The highest BCUT2D eigenvalue weighted by molar-refractivity contribution is 5.85. The maximum Gasteiger partial charge on any atom is 0.573 e. The number of halogens is 4. The van der Waals surface area contributed by atoms with Crippen LogP contribution in [0.15, 0.2) is 18.2 Å². The van der Waals surface area contributed by atoms with Crippen molar-refractivity contribution in [2.24, 2.45) is 5.73 Å². The van der Waals surface area contributed by atoms with Gasteiger partial charge in [-0.05, 0) is 6.07 Å². The maximum absolute atomic E-state index is 12.1. The molecule has 0 spiro atoms. The molecule has 0 saturated carbocycles. The van der Waals surface area contributed by atoms with E-state index in [0.29, 0.717) is 18.6 Å². The van der Waals surface area contributed by atoms with E-state index in [2.05, 4.69) is 4.74 Å². The third-order valence-corrected chi connectivity index (χ3v) is 2.31. The lowest BCUT2D eigenvalue weighted by Crippen LogP contribution is -2.23. The zero-order valence-corrected chi connectivity index (χ0v) is 9.48. The van der Waals surface area contributed by atoms with Gasteiger partial charge in [-0.3, -0.25) is 0 Å². The van der Waals surface area contributed by atoms with Crippen LogP contribution in [0, 0.1) is 0 Å². The zero-order chi connectivity index (χ0) is 11.8. The van der Waals surface area contributed by atoms with Gasteiger partial charge in [0.1, 0.15) is 0 Å². The standard InChI is InChI=1S/C10H10F3NO2.ClH/c11-10(12,13)16-8-3-1-2-6-7(14)4-5-15-9(6)8;/h1-3,7H,4-5,14H2;1H/t7-;/m0./s1. The predicted molar refractivity (Wildman–Crippen MR) is 57.4 cm³/mol. The topological polar surface area (TPSA) is 44.5 Å². The molecule has 0 aromatic heterocycles. The molecule has 0 aliphatic carbocycles. The van der Waals surface area contributed by atoms with Gasteiger partial charge < -0.3 is 15.2 Å². The van der Waals surface area contributed by atoms with Crippen molar-refractivity contribution in [3.05, 3.63) is 23.8 Å². The van der Waals surface area contributed by atoms with Crippen molar-refractivity contribution in [1.29, 1.82) is 0 Å². The van der Waals surface area contributed by atoms with Gasteiger partial charge in [-0.2, -0.15) is 0 Å². The van der Waals surface area contributed by atoms with Crippen molar-refractivity contribution in [3.63, 3.8) is 0 Å². The number of rotatable bonds is 1. The SMILES string of the molecule is Cl.N[C@H]1CCOc2c(OC(F)(F)F)cccc21. The van der Waals surface area contributed by atoms with Crippen LogP contribution >= 0.6 is 12.4 Å². The summed E-state index contributed by atoms with van der Waals surface area (Å²) in [4.78, 5) is 0. The van der Waals surface area contributed by atoms with E-state index in [0.717, 1.165) is 0 Å². The highest BCUT2D eigenvalue weighted by Crippen LogP contribution is 2.40. The first-order chi connectivity index (χ1) is 7.47. The summed E-state index contributed by atoms with van der Waals surface area (Å²) in [6, 6.07) is 4.02. The molecule has 3 nitrogen and oxygen atoms in total. The van der Waals surface area contributed by atoms with Gasteiger partial charge in [-0.15, -0.1) is 25.6 Å². The fourth-order valence-corrected chi connectivity index (χ4v) is 1.63. The van der Waals surface area contributed by atoms with Gasteiger partial charge in [0.15, 0.2) is 11.5 Å². The first kappa shape index (κ1) is 13.9. The molecule has 1 heterocycles. The van der Waals surface area contributed by atoms with E-state index >= 15 is 0 Å². The Bertz CT molecular complexity index is 398. The number of para-hydroxylation sites is 1. The second-order valence-corrected chi connectivity index (χ2v) is 3.47. The molecule has 1 aromatic rings. The quantitative estimate of drug-likeness (QED) is 0.853. The third-order valence-electron chi connectivity index (χ3n) is 2.31. The van der Waals surface area contributed by atoms with Gasteiger partial charge in [0, 0.05) is 18.0 Å². The van der Waals surface area contributed by atoms with Crippen LogP contribution in [0.1, 0.15) is 18.0 Å². The molecule has 17 heavy (non-hydrogen) atoms. The Kier molecular flexibility index (Phi) is 4.11. The molecular formula is C10H11ClF3NO2. The monoisotopic (exact) mass is 269 g/mol. The van der Waals surface area contributed by atoms with E-state index < -0.39 is 6.36 Å². The number of hydrogen-bond acceptors (Lipinski definition) is 3. The van der Waals surface area contributed by atoms with Crippen molar-refractivity contribution in [2.45, 2.75) is 18.8 Å². The molecule has 1 atom stereocenters. The summed E-state index contributed by atoms with van der Waals surface area (Å²) in [5.41, 5.74) is 6.31. The van der Waals surface area contributed by atoms with Crippen LogP contribution < -0.4 is 15.2 Å². The van der Waals surface area contributed by atoms with Crippen LogP contribution in [0.3, 0.4) is 0 Å². The Hall–Kier alpha value is -1.14. The molecule has 0 amide bonds. The Labute approximate surface area is 102 Å². The lowest BCUT2D eigenvalue weighted by molar-refractivity contribution is -0.275. The fraction of sp³-hybridized carbons (Fsp3) is 0.400. The average molecular weight is 270 g/mol. The summed E-state index contributed by atoms with van der Waals surface area (Å²) in [5.74, 6) is -0.237. The van der Waals surface area contributed by atoms with Crippen molar-refractivity contribution < 1.29 is 22.6 Å². The minimum absolute atomic E-state index is 0. The van der Waals surface area contributed by atoms with Gasteiger partial charge in [-0.1, -0.05) is 12.1 Å². The van der Waals surface area contributed by atoms with E-state index in [1.165, 1.54) is 12.1 Å². The summed E-state index contributed by atoms with van der Waals surface area (Å²) in [6.45, 7) is 0.298. The molecular weight excluding hydrogens is 259 g/mol. The van der Waals surface area contributed by atoms with Crippen molar-refractivity contribution in [1.82, 2.24) is 0 Å². The second-order valence-electron chi connectivity index (χ2n) is 3.47. The fourth-order valence-electron chi connectivity index (χ4n) is 1.63. The average Bonchev–Trinajstić information content (AvgIpc) is 2.17. The summed E-state index contributed by atoms with van der Waals surface area (Å²) < 4.78 is 45.3. The Morgan fingerprint density at radius 2 is 2.06 bits per heavy atom. The third kappa shape index (κ3) is 3.17. The molecule has 1 aliphatic rings. The van der Waals surface area contributed by atoms with Crippen LogP contribution in [0.5, 0.6) is 11.5 Å². The molecule has 0 unspecified atom stereocenters. The highest BCUT2D eigenvalue weighted by atomic mass is 35.5. The number of nitrogens with two attached hydrogens (primary N) is 1. The predicted octanol–water partition coefficient (Wildman–Crippen LogP) is 2.79. The van der Waals surface area contributed by atoms with Gasteiger partial charge >= 0.3 is 6.36 Å². The summed E-state index contributed by atoms with van der Waals surface area (Å²) >= 11 is 0. The lowest BCUT2D eigenvalue weighted by Gasteiger charge is -2.25. The molecule has 2 N–H and O–H groups in total. The molecule has 0 radical (unpaired) electrons. The molecule has 2 rings (SSSR count). The number of hydrogen-bond donors (Lipinski definition) is 1. The van der Waals surface area contributed by atoms with Crippen LogP contribution in [0.25, 0.3) is 0 Å². The van der Waals surface area contributed by atoms with Gasteiger partial charge in [0.05, 0.1) is 6.61 Å². The molecule has 1 aromatic carbocycles. The summed E-state index contributed by atoms with van der Waals surface area (Å²) in [5, 5.41) is 0. The molecule has 0 saturated heterocycles. The zero-order valence-electron chi connectivity index (χ0n) is 8.66. The second kappa shape index (κ2) is 5.01. The largest absolute Gasteiger partial charge is 0.573 e. The Balaban J connectivity index is 0.00000144. The maximum atomic E-state index is 12.1. The number of ether oxygens (including phenoxy) is 2. The van der Waals surface area contributed by atoms with Gasteiger partial charge in [0.2, 0.25) is 0 Å². The van der Waals surface area contributed by atoms with Gasteiger partial charge in [0.25, 0.3) is 0 Å². The van der Waals surface area contributed by atoms with E-state index in [9.17, 15) is 13.2 Å².